The van der Waals surface area contributed by atoms with Gasteiger partial charge in [-0.25, -0.2) is 0 Å². The average Bonchev–Trinajstić information content (AvgIpc) is 3.45. The zero-order valence-electron chi connectivity index (χ0n) is 15.1. The SMILES string of the molecule is CC12C3CCC4C1C432.COCOc1ccc(C(C)C(C)C)cc1. The van der Waals surface area contributed by atoms with Crippen molar-refractivity contribution in [3.63, 3.8) is 0 Å². The van der Waals surface area contributed by atoms with Crippen molar-refractivity contribution in [2.75, 3.05) is 13.9 Å². The smallest absolute Gasteiger partial charge is 0.188 e. The van der Waals surface area contributed by atoms with Gasteiger partial charge in [-0.05, 0) is 71.0 Å². The van der Waals surface area contributed by atoms with Crippen LogP contribution in [0.25, 0.3) is 0 Å². The van der Waals surface area contributed by atoms with Crippen molar-refractivity contribution in [1.29, 1.82) is 0 Å². The van der Waals surface area contributed by atoms with E-state index in [1.165, 1.54) is 23.3 Å². The Bertz CT molecular complexity index is 586. The third-order valence-electron chi connectivity index (χ3n) is 7.65. The standard InChI is InChI=1S/C13H20O2.C8H10/c1-10(2)11(3)12-5-7-13(8-6-12)15-9-14-4;1-7-5-3-2-4-6(7)8(4,5)7/h5-8,10-11H,9H2,1-4H3;4-6H,2-3H2,1H3. The molecule has 0 aliphatic heterocycles. The number of fused-ring (bicyclic) bond motifs is 3. The lowest BCUT2D eigenvalue weighted by molar-refractivity contribution is 0.0511. The first-order valence-electron chi connectivity index (χ1n) is 9.21. The molecule has 4 saturated carbocycles. The minimum absolute atomic E-state index is 0.305. The summed E-state index contributed by atoms with van der Waals surface area (Å²) in [5.41, 5.74) is 3.37. The van der Waals surface area contributed by atoms with Gasteiger partial charge in [0.1, 0.15) is 5.75 Å². The minimum atomic E-state index is 0.305. The lowest BCUT2D eigenvalue weighted by Gasteiger charge is -2.16. The van der Waals surface area contributed by atoms with Crippen LogP contribution < -0.4 is 4.74 Å². The van der Waals surface area contributed by atoms with Crippen LogP contribution in [-0.4, -0.2) is 13.9 Å². The van der Waals surface area contributed by atoms with E-state index in [0.29, 0.717) is 18.6 Å². The van der Waals surface area contributed by atoms with E-state index < -0.39 is 0 Å². The summed E-state index contributed by atoms with van der Waals surface area (Å²) in [4.78, 5) is 0. The van der Waals surface area contributed by atoms with E-state index in [2.05, 4.69) is 39.8 Å². The fourth-order valence-corrected chi connectivity index (χ4v) is 6.00. The van der Waals surface area contributed by atoms with Gasteiger partial charge in [-0.2, -0.15) is 0 Å². The van der Waals surface area contributed by atoms with Crippen LogP contribution in [0, 0.1) is 34.5 Å². The number of hydrogen-bond donors (Lipinski definition) is 0. The summed E-state index contributed by atoms with van der Waals surface area (Å²) in [5, 5.41) is 0. The van der Waals surface area contributed by atoms with Gasteiger partial charge < -0.3 is 9.47 Å². The van der Waals surface area contributed by atoms with Gasteiger partial charge in [0, 0.05) is 7.11 Å². The first kappa shape index (κ1) is 15.5. The van der Waals surface area contributed by atoms with Gasteiger partial charge in [0.05, 0.1) is 0 Å². The van der Waals surface area contributed by atoms with Gasteiger partial charge in [0.2, 0.25) is 0 Å². The van der Waals surface area contributed by atoms with E-state index in [0.717, 1.165) is 16.6 Å². The molecule has 6 atom stereocenters. The summed E-state index contributed by atoms with van der Waals surface area (Å²) in [6, 6.07) is 8.23. The summed E-state index contributed by atoms with van der Waals surface area (Å²) in [7, 11) is 1.62. The van der Waals surface area contributed by atoms with Crippen LogP contribution in [0.5, 0.6) is 5.75 Å². The van der Waals surface area contributed by atoms with Crippen molar-refractivity contribution in [2.45, 2.75) is 46.5 Å². The highest BCUT2D eigenvalue weighted by Gasteiger charge is 3.11. The molecule has 23 heavy (non-hydrogen) atoms. The number of hydrogen-bond acceptors (Lipinski definition) is 2. The van der Waals surface area contributed by atoms with Crippen LogP contribution in [0.3, 0.4) is 0 Å². The van der Waals surface area contributed by atoms with Gasteiger partial charge >= 0.3 is 0 Å². The largest absolute Gasteiger partial charge is 0.468 e. The molecule has 0 aromatic heterocycles. The summed E-state index contributed by atoms with van der Waals surface area (Å²) in [6.07, 6.45) is 3.20. The number of methoxy groups -OCH3 is 1. The highest BCUT2D eigenvalue weighted by molar-refractivity contribution is 5.57. The molecular formula is C21H30O2. The maximum absolute atomic E-state index is 5.33. The zero-order valence-corrected chi connectivity index (χ0v) is 15.1. The van der Waals surface area contributed by atoms with E-state index in [1.54, 1.807) is 20.0 Å². The number of ether oxygens (including phenoxy) is 2. The van der Waals surface area contributed by atoms with Crippen molar-refractivity contribution in [2.24, 2.45) is 34.5 Å². The predicted molar refractivity (Wildman–Crippen MR) is 92.4 cm³/mol. The average molecular weight is 314 g/mol. The van der Waals surface area contributed by atoms with Crippen molar-refractivity contribution in [3.05, 3.63) is 29.8 Å². The topological polar surface area (TPSA) is 18.5 Å². The summed E-state index contributed by atoms with van der Waals surface area (Å²) >= 11 is 0. The fraction of sp³-hybridized carbons (Fsp3) is 0.714. The molecule has 1 spiro atoms. The second kappa shape index (κ2) is 4.99. The van der Waals surface area contributed by atoms with Crippen molar-refractivity contribution >= 4 is 0 Å². The fourth-order valence-electron chi connectivity index (χ4n) is 6.00. The third kappa shape index (κ3) is 1.91. The van der Waals surface area contributed by atoms with Crippen LogP contribution in [0.4, 0.5) is 0 Å². The molecule has 6 unspecified atom stereocenters. The monoisotopic (exact) mass is 314 g/mol. The van der Waals surface area contributed by atoms with E-state index in [9.17, 15) is 0 Å². The molecule has 4 fully saturated rings. The summed E-state index contributed by atoms with van der Waals surface area (Å²) in [5.74, 6) is 5.88. The Labute approximate surface area is 140 Å². The second-order valence-corrected chi connectivity index (χ2v) is 8.58. The van der Waals surface area contributed by atoms with Crippen LogP contribution >= 0.6 is 0 Å². The normalized spacial score (nSPS) is 41.4. The van der Waals surface area contributed by atoms with Crippen LogP contribution in [0.2, 0.25) is 0 Å². The summed E-state index contributed by atoms with van der Waals surface area (Å²) < 4.78 is 10.2. The molecule has 2 nitrogen and oxygen atoms in total. The third-order valence-corrected chi connectivity index (χ3v) is 7.65. The number of benzene rings is 1. The molecule has 0 bridgehead atoms. The molecule has 1 aromatic carbocycles. The van der Waals surface area contributed by atoms with Gasteiger partial charge in [0.25, 0.3) is 0 Å². The van der Waals surface area contributed by atoms with Crippen LogP contribution in [0.15, 0.2) is 24.3 Å². The molecule has 5 rings (SSSR count). The summed E-state index contributed by atoms with van der Waals surface area (Å²) in [6.45, 7) is 9.53. The van der Waals surface area contributed by atoms with E-state index in [4.69, 9.17) is 9.47 Å². The van der Waals surface area contributed by atoms with Gasteiger partial charge in [-0.15, -0.1) is 0 Å². The molecule has 0 N–H and O–H groups in total. The highest BCUT2D eigenvalue weighted by Crippen LogP contribution is 3.15. The van der Waals surface area contributed by atoms with E-state index >= 15 is 0 Å². The molecule has 4 aliphatic carbocycles. The molecule has 1 aromatic rings. The lowest BCUT2D eigenvalue weighted by atomic mass is 9.90. The Hall–Kier alpha value is -1.02. The molecule has 4 aliphatic rings. The molecule has 126 valence electrons. The Morgan fingerprint density at radius 2 is 1.83 bits per heavy atom. The Balaban J connectivity index is 0.000000136. The Kier molecular flexibility index (Phi) is 3.36. The molecule has 2 heteroatoms. The first-order chi connectivity index (χ1) is 11.0. The van der Waals surface area contributed by atoms with E-state index in [1.807, 2.05) is 12.1 Å². The molecule has 0 saturated heterocycles. The van der Waals surface area contributed by atoms with Gasteiger partial charge in [-0.1, -0.05) is 39.8 Å². The second-order valence-electron chi connectivity index (χ2n) is 8.58. The maximum Gasteiger partial charge on any atom is 0.188 e. The molecule has 0 heterocycles. The quantitative estimate of drug-likeness (QED) is 0.705. The van der Waals surface area contributed by atoms with Crippen molar-refractivity contribution in [3.8, 4) is 5.75 Å². The molecule has 0 radical (unpaired) electrons. The Morgan fingerprint density at radius 3 is 2.22 bits per heavy atom. The predicted octanol–water partition coefficient (Wildman–Crippen LogP) is 5.09. The molecule has 0 amide bonds. The lowest BCUT2D eigenvalue weighted by Crippen LogP contribution is -2.06. The van der Waals surface area contributed by atoms with Crippen molar-refractivity contribution < 1.29 is 9.47 Å². The zero-order chi connectivity index (χ0) is 16.4. The Morgan fingerprint density at radius 1 is 1.13 bits per heavy atom. The van der Waals surface area contributed by atoms with Gasteiger partial charge in [-0.3, -0.25) is 0 Å². The number of rotatable bonds is 5. The van der Waals surface area contributed by atoms with Crippen LogP contribution in [-0.2, 0) is 4.74 Å². The highest BCUT2D eigenvalue weighted by atomic mass is 16.7. The minimum Gasteiger partial charge on any atom is -0.468 e. The van der Waals surface area contributed by atoms with Gasteiger partial charge in [0.15, 0.2) is 6.79 Å². The first-order valence-corrected chi connectivity index (χ1v) is 9.21. The van der Waals surface area contributed by atoms with Crippen molar-refractivity contribution in [1.82, 2.24) is 0 Å². The molecular weight excluding hydrogens is 284 g/mol. The maximum atomic E-state index is 5.33. The van der Waals surface area contributed by atoms with E-state index in [-0.39, 0.29) is 0 Å². The van der Waals surface area contributed by atoms with Crippen LogP contribution in [0.1, 0.15) is 52.0 Å².